The van der Waals surface area contributed by atoms with Crippen LogP contribution in [0.4, 0.5) is 4.39 Å². The summed E-state index contributed by atoms with van der Waals surface area (Å²) >= 11 is 0. The summed E-state index contributed by atoms with van der Waals surface area (Å²) in [5.41, 5.74) is 4.54. The molecule has 0 unspecified atom stereocenters. The van der Waals surface area contributed by atoms with Crippen molar-refractivity contribution in [3.63, 3.8) is 0 Å². The molecule has 1 atom stereocenters. The number of carbonyl (C=O) groups is 1. The average Bonchev–Trinajstić information content (AvgIpc) is 2.79. The number of nitrogens with one attached hydrogen (secondary N) is 1. The first-order valence-electron chi connectivity index (χ1n) is 11.2. The fourth-order valence-electron chi connectivity index (χ4n) is 4.27. The summed E-state index contributed by atoms with van der Waals surface area (Å²) in [6, 6.07) is 14.9. The van der Waals surface area contributed by atoms with Gasteiger partial charge in [0.15, 0.2) is 0 Å². The van der Waals surface area contributed by atoms with Gasteiger partial charge < -0.3 is 5.32 Å². The highest BCUT2D eigenvalue weighted by molar-refractivity contribution is 5.94. The second-order valence-electron chi connectivity index (χ2n) is 8.51. The van der Waals surface area contributed by atoms with Crippen molar-refractivity contribution in [2.45, 2.75) is 52.2 Å². The second-order valence-corrected chi connectivity index (χ2v) is 8.51. The van der Waals surface area contributed by atoms with Crippen LogP contribution in [0.5, 0.6) is 0 Å². The smallest absolute Gasteiger partial charge is 0.254 e. The van der Waals surface area contributed by atoms with Crippen molar-refractivity contribution in [1.29, 1.82) is 0 Å². The Morgan fingerprint density at radius 3 is 2.69 bits per heavy atom. The van der Waals surface area contributed by atoms with E-state index in [1.165, 1.54) is 29.7 Å². The molecular formula is C26H29FN4O. The van der Waals surface area contributed by atoms with E-state index < -0.39 is 0 Å². The molecule has 1 saturated heterocycles. The molecule has 2 aromatic carbocycles. The van der Waals surface area contributed by atoms with Gasteiger partial charge in [-0.15, -0.1) is 0 Å². The van der Waals surface area contributed by atoms with Crippen molar-refractivity contribution in [3.8, 4) is 0 Å². The fraction of sp³-hybridized carbons (Fsp3) is 0.346. The maximum atomic E-state index is 13.1. The first kappa shape index (κ1) is 22.1. The third kappa shape index (κ3) is 5.37. The number of rotatable bonds is 6. The van der Waals surface area contributed by atoms with Crippen LogP contribution in [0, 0.1) is 19.7 Å². The fourth-order valence-corrected chi connectivity index (χ4v) is 4.27. The minimum atomic E-state index is -0.293. The van der Waals surface area contributed by atoms with Gasteiger partial charge in [0.25, 0.3) is 5.91 Å². The molecule has 6 heteroatoms. The molecule has 1 aromatic heterocycles. The Morgan fingerprint density at radius 2 is 1.94 bits per heavy atom. The Labute approximate surface area is 188 Å². The molecule has 0 aliphatic carbocycles. The number of nitrogens with zero attached hydrogens (tertiary/aromatic N) is 3. The number of likely N-dealkylation sites (tertiary alicyclic amines) is 1. The minimum absolute atomic E-state index is 0.152. The highest BCUT2D eigenvalue weighted by Gasteiger charge is 2.27. The van der Waals surface area contributed by atoms with Gasteiger partial charge in [0.2, 0.25) is 0 Å². The number of benzene rings is 2. The third-order valence-electron chi connectivity index (χ3n) is 5.99. The molecule has 0 bridgehead atoms. The van der Waals surface area contributed by atoms with Gasteiger partial charge in [-0.25, -0.2) is 14.4 Å². The lowest BCUT2D eigenvalue weighted by Gasteiger charge is -2.35. The summed E-state index contributed by atoms with van der Waals surface area (Å²) < 4.78 is 13.1. The number of amides is 1. The molecule has 1 aliphatic rings. The van der Waals surface area contributed by atoms with Gasteiger partial charge in [-0.1, -0.05) is 48.4 Å². The molecule has 1 N–H and O–H groups in total. The summed E-state index contributed by atoms with van der Waals surface area (Å²) in [6.45, 7) is 6.18. The van der Waals surface area contributed by atoms with Crippen LogP contribution in [0.25, 0.3) is 0 Å². The number of halogens is 1. The number of aromatic nitrogens is 2. The molecular weight excluding hydrogens is 403 g/mol. The monoisotopic (exact) mass is 432 g/mol. The van der Waals surface area contributed by atoms with E-state index in [2.05, 4.69) is 46.4 Å². The predicted octanol–water partition coefficient (Wildman–Crippen LogP) is 4.89. The summed E-state index contributed by atoms with van der Waals surface area (Å²) in [4.78, 5) is 24.4. The number of carbonyl (C=O) groups excluding carboxylic acids is 1. The molecule has 0 saturated carbocycles. The molecule has 1 amide bonds. The maximum absolute atomic E-state index is 13.1. The summed E-state index contributed by atoms with van der Waals surface area (Å²) in [6.07, 6.45) is 4.97. The van der Waals surface area contributed by atoms with Crippen molar-refractivity contribution in [1.82, 2.24) is 20.2 Å². The van der Waals surface area contributed by atoms with Crippen molar-refractivity contribution in [2.75, 3.05) is 6.54 Å². The quantitative estimate of drug-likeness (QED) is 0.603. The number of piperidine rings is 1. The second kappa shape index (κ2) is 10.0. The van der Waals surface area contributed by atoms with Crippen molar-refractivity contribution >= 4 is 5.91 Å². The molecule has 5 nitrogen and oxygen atoms in total. The van der Waals surface area contributed by atoms with Crippen LogP contribution < -0.4 is 5.32 Å². The van der Waals surface area contributed by atoms with Gasteiger partial charge >= 0.3 is 0 Å². The summed E-state index contributed by atoms with van der Waals surface area (Å²) in [5.74, 6) is 0.266. The molecule has 2 heterocycles. The highest BCUT2D eigenvalue weighted by Crippen LogP contribution is 2.30. The predicted molar refractivity (Wildman–Crippen MR) is 123 cm³/mol. The molecule has 1 fully saturated rings. The first-order chi connectivity index (χ1) is 15.5. The topological polar surface area (TPSA) is 58.1 Å². The Bertz CT molecular complexity index is 1080. The first-order valence-corrected chi connectivity index (χ1v) is 11.2. The number of hydrogen-bond donors (Lipinski definition) is 1. The Kier molecular flexibility index (Phi) is 6.90. The Hall–Kier alpha value is -3.12. The average molecular weight is 433 g/mol. The number of hydrogen-bond acceptors (Lipinski definition) is 4. The standard InChI is InChI=1S/C26H29FN4O/c1-18-6-5-7-21(14-18)17-31-13-4-3-8-24(31)25-28-16-23(19(2)30-25)26(32)29-15-20-9-11-22(27)12-10-20/h5-7,9-12,14,16,24H,3-4,8,13,15,17H2,1-2H3,(H,29,32)/t24-/m0/s1. The van der Waals surface area contributed by atoms with Crippen LogP contribution >= 0.6 is 0 Å². The number of aryl methyl sites for hydroxylation is 2. The Balaban J connectivity index is 1.45. The van der Waals surface area contributed by atoms with E-state index in [0.29, 0.717) is 17.8 Å². The molecule has 4 rings (SSSR count). The van der Waals surface area contributed by atoms with Gasteiger partial charge in [0, 0.05) is 19.3 Å². The van der Waals surface area contributed by atoms with Crippen LogP contribution in [-0.2, 0) is 13.1 Å². The van der Waals surface area contributed by atoms with E-state index in [-0.39, 0.29) is 17.8 Å². The van der Waals surface area contributed by atoms with E-state index in [1.54, 1.807) is 18.3 Å². The minimum Gasteiger partial charge on any atom is -0.348 e. The van der Waals surface area contributed by atoms with Crippen LogP contribution in [0.2, 0.25) is 0 Å². The lowest BCUT2D eigenvalue weighted by molar-refractivity contribution is 0.0948. The van der Waals surface area contributed by atoms with Crippen LogP contribution in [0.1, 0.15) is 63.9 Å². The van der Waals surface area contributed by atoms with E-state index in [1.807, 2.05) is 6.92 Å². The summed E-state index contributed by atoms with van der Waals surface area (Å²) in [7, 11) is 0. The van der Waals surface area contributed by atoms with Gasteiger partial charge in [-0.05, 0) is 56.5 Å². The van der Waals surface area contributed by atoms with E-state index >= 15 is 0 Å². The van der Waals surface area contributed by atoms with Crippen molar-refractivity contribution in [3.05, 3.63) is 94.3 Å². The highest BCUT2D eigenvalue weighted by atomic mass is 19.1. The van der Waals surface area contributed by atoms with Gasteiger partial charge in [-0.3, -0.25) is 9.69 Å². The molecule has 32 heavy (non-hydrogen) atoms. The molecule has 1 aliphatic heterocycles. The third-order valence-corrected chi connectivity index (χ3v) is 5.99. The Morgan fingerprint density at radius 1 is 1.12 bits per heavy atom. The van der Waals surface area contributed by atoms with E-state index in [4.69, 9.17) is 4.98 Å². The van der Waals surface area contributed by atoms with E-state index in [0.717, 1.165) is 37.3 Å². The zero-order valence-electron chi connectivity index (χ0n) is 18.6. The molecule has 166 valence electrons. The van der Waals surface area contributed by atoms with E-state index in [9.17, 15) is 9.18 Å². The maximum Gasteiger partial charge on any atom is 0.254 e. The SMILES string of the molecule is Cc1cccc(CN2CCCC[C@H]2c2ncc(C(=O)NCc3ccc(F)cc3)c(C)n2)c1. The molecule has 0 spiro atoms. The van der Waals surface area contributed by atoms with Gasteiger partial charge in [-0.2, -0.15) is 0 Å². The lowest BCUT2D eigenvalue weighted by atomic mass is 9.99. The molecule has 3 aromatic rings. The van der Waals surface area contributed by atoms with Crippen LogP contribution in [0.3, 0.4) is 0 Å². The van der Waals surface area contributed by atoms with Gasteiger partial charge in [0.05, 0.1) is 17.3 Å². The van der Waals surface area contributed by atoms with Gasteiger partial charge in [0.1, 0.15) is 11.6 Å². The lowest BCUT2D eigenvalue weighted by Crippen LogP contribution is -2.34. The summed E-state index contributed by atoms with van der Waals surface area (Å²) in [5, 5.41) is 2.87. The zero-order chi connectivity index (χ0) is 22.5. The van der Waals surface area contributed by atoms with Crippen LogP contribution in [-0.4, -0.2) is 27.3 Å². The normalized spacial score (nSPS) is 16.7. The zero-order valence-corrected chi connectivity index (χ0v) is 18.6. The van der Waals surface area contributed by atoms with Crippen molar-refractivity contribution in [2.24, 2.45) is 0 Å². The van der Waals surface area contributed by atoms with Crippen LogP contribution in [0.15, 0.2) is 54.7 Å². The molecule has 0 radical (unpaired) electrons. The largest absolute Gasteiger partial charge is 0.348 e. The van der Waals surface area contributed by atoms with Crippen molar-refractivity contribution < 1.29 is 9.18 Å².